The first kappa shape index (κ1) is 16.5. The number of hydrogen-bond donors (Lipinski definition) is 2. The molecule has 0 spiro atoms. The van der Waals surface area contributed by atoms with E-state index in [4.69, 9.17) is 5.73 Å². The smallest absolute Gasteiger partial charge is 0.308 e. The molecule has 1 aliphatic heterocycles. The molecule has 26 heavy (non-hydrogen) atoms. The van der Waals surface area contributed by atoms with Crippen molar-refractivity contribution in [3.63, 3.8) is 0 Å². The second kappa shape index (κ2) is 6.40. The summed E-state index contributed by atoms with van der Waals surface area (Å²) in [5.74, 6) is -1.01. The van der Waals surface area contributed by atoms with Gasteiger partial charge in [-0.1, -0.05) is 30.3 Å². The van der Waals surface area contributed by atoms with E-state index >= 15 is 0 Å². The van der Waals surface area contributed by atoms with Gasteiger partial charge in [0.1, 0.15) is 0 Å². The molecule has 0 bridgehead atoms. The Morgan fingerprint density at radius 2 is 1.88 bits per heavy atom. The fourth-order valence-electron chi connectivity index (χ4n) is 3.80. The van der Waals surface area contributed by atoms with E-state index in [0.29, 0.717) is 23.7 Å². The summed E-state index contributed by atoms with van der Waals surface area (Å²) < 4.78 is 0. The van der Waals surface area contributed by atoms with Crippen LogP contribution < -0.4 is 5.73 Å². The largest absolute Gasteiger partial charge is 0.481 e. The number of rotatable bonds is 4. The molecule has 134 valence electrons. The van der Waals surface area contributed by atoms with E-state index in [1.165, 1.54) is 6.20 Å². The van der Waals surface area contributed by atoms with Crippen LogP contribution in [0, 0.1) is 17.8 Å². The van der Waals surface area contributed by atoms with E-state index in [9.17, 15) is 14.7 Å². The molecule has 7 heteroatoms. The van der Waals surface area contributed by atoms with Gasteiger partial charge in [0.25, 0.3) is 5.91 Å². The maximum absolute atomic E-state index is 13.1. The lowest BCUT2D eigenvalue weighted by Gasteiger charge is -2.18. The molecule has 2 aromatic rings. The second-order valence-corrected chi connectivity index (χ2v) is 7.01. The summed E-state index contributed by atoms with van der Waals surface area (Å²) in [5.41, 5.74) is 7.33. The standard InChI is InChI=1S/C19H20N4O3/c20-19-21-8-13(16(22-19)12-4-2-1-3-5-12)17(24)23-9-14(11-6-7-11)15(10-23)18(25)26/h1-5,8,11,14-15H,6-7,9-10H2,(H,25,26)(H2,20,21,22)/t14-,15+/m0/s1. The minimum absolute atomic E-state index is 0.0336. The molecular formula is C19H20N4O3. The third-order valence-corrected chi connectivity index (χ3v) is 5.28. The Morgan fingerprint density at radius 3 is 2.54 bits per heavy atom. The van der Waals surface area contributed by atoms with Crippen LogP contribution >= 0.6 is 0 Å². The third-order valence-electron chi connectivity index (χ3n) is 5.28. The van der Waals surface area contributed by atoms with Crippen LogP contribution in [-0.4, -0.2) is 44.9 Å². The molecule has 0 unspecified atom stereocenters. The topological polar surface area (TPSA) is 109 Å². The molecule has 1 aromatic carbocycles. The van der Waals surface area contributed by atoms with E-state index in [-0.39, 0.29) is 24.3 Å². The van der Waals surface area contributed by atoms with Crippen LogP contribution in [0.15, 0.2) is 36.5 Å². The van der Waals surface area contributed by atoms with Crippen molar-refractivity contribution in [1.29, 1.82) is 0 Å². The highest BCUT2D eigenvalue weighted by Crippen LogP contribution is 2.44. The fraction of sp³-hybridized carbons (Fsp3) is 0.368. The number of aromatic nitrogens is 2. The molecule has 2 heterocycles. The minimum Gasteiger partial charge on any atom is -0.481 e. The molecule has 3 N–H and O–H groups in total. The summed E-state index contributed by atoms with van der Waals surface area (Å²) >= 11 is 0. The Balaban J connectivity index is 1.66. The quantitative estimate of drug-likeness (QED) is 0.870. The first-order valence-corrected chi connectivity index (χ1v) is 8.74. The zero-order valence-electron chi connectivity index (χ0n) is 14.2. The Morgan fingerprint density at radius 1 is 1.15 bits per heavy atom. The highest BCUT2D eigenvalue weighted by atomic mass is 16.4. The average molecular weight is 352 g/mol. The Labute approximate surface area is 150 Å². The number of carboxylic acids is 1. The number of nitrogens with two attached hydrogens (primary N) is 1. The van der Waals surface area contributed by atoms with Gasteiger partial charge in [0, 0.05) is 24.8 Å². The van der Waals surface area contributed by atoms with Crippen molar-refractivity contribution in [3.05, 3.63) is 42.1 Å². The number of nitrogen functional groups attached to an aromatic ring is 1. The zero-order chi connectivity index (χ0) is 18.3. The molecular weight excluding hydrogens is 332 g/mol. The van der Waals surface area contributed by atoms with Crippen LogP contribution in [0.25, 0.3) is 11.3 Å². The molecule has 2 atom stereocenters. The maximum atomic E-state index is 13.1. The molecule has 0 radical (unpaired) electrons. The SMILES string of the molecule is Nc1ncc(C(=O)N2C[C@@H](C(=O)O)[C@H](C3CC3)C2)c(-c2ccccc2)n1. The lowest BCUT2D eigenvalue weighted by Crippen LogP contribution is -2.30. The van der Waals surface area contributed by atoms with Crippen LogP contribution in [0.4, 0.5) is 5.95 Å². The summed E-state index contributed by atoms with van der Waals surface area (Å²) in [6, 6.07) is 9.32. The average Bonchev–Trinajstić information content (AvgIpc) is 3.39. The van der Waals surface area contributed by atoms with Crippen molar-refractivity contribution >= 4 is 17.8 Å². The van der Waals surface area contributed by atoms with Gasteiger partial charge in [-0.15, -0.1) is 0 Å². The van der Waals surface area contributed by atoms with Crippen molar-refractivity contribution in [1.82, 2.24) is 14.9 Å². The molecule has 1 amide bonds. The molecule has 1 saturated heterocycles. The van der Waals surface area contributed by atoms with Gasteiger partial charge in [-0.2, -0.15) is 0 Å². The van der Waals surface area contributed by atoms with Crippen molar-refractivity contribution in [2.45, 2.75) is 12.8 Å². The van der Waals surface area contributed by atoms with Crippen LogP contribution in [-0.2, 0) is 4.79 Å². The Kier molecular flexibility index (Phi) is 4.06. The van der Waals surface area contributed by atoms with Crippen LogP contribution in [0.2, 0.25) is 0 Å². The van der Waals surface area contributed by atoms with Gasteiger partial charge >= 0.3 is 5.97 Å². The zero-order valence-corrected chi connectivity index (χ0v) is 14.2. The maximum Gasteiger partial charge on any atom is 0.308 e. The highest BCUT2D eigenvalue weighted by Gasteiger charge is 2.47. The number of likely N-dealkylation sites (tertiary alicyclic amines) is 1. The van der Waals surface area contributed by atoms with Crippen molar-refractivity contribution in [3.8, 4) is 11.3 Å². The number of nitrogens with zero attached hydrogens (tertiary/aromatic N) is 3. The first-order chi connectivity index (χ1) is 12.5. The molecule has 7 nitrogen and oxygen atoms in total. The number of amides is 1. The summed E-state index contributed by atoms with van der Waals surface area (Å²) in [4.78, 5) is 34.6. The van der Waals surface area contributed by atoms with Crippen molar-refractivity contribution < 1.29 is 14.7 Å². The Bertz CT molecular complexity index is 851. The monoisotopic (exact) mass is 352 g/mol. The lowest BCUT2D eigenvalue weighted by molar-refractivity contribution is -0.142. The lowest BCUT2D eigenvalue weighted by atomic mass is 9.92. The molecule has 4 rings (SSSR count). The van der Waals surface area contributed by atoms with Gasteiger partial charge in [0.2, 0.25) is 5.95 Å². The van der Waals surface area contributed by atoms with Gasteiger partial charge in [-0.05, 0) is 24.7 Å². The highest BCUT2D eigenvalue weighted by molar-refractivity contribution is 6.00. The van der Waals surface area contributed by atoms with Gasteiger partial charge < -0.3 is 15.7 Å². The summed E-state index contributed by atoms with van der Waals surface area (Å²) in [5, 5.41) is 9.52. The summed E-state index contributed by atoms with van der Waals surface area (Å²) in [6.45, 7) is 0.701. The van der Waals surface area contributed by atoms with Crippen LogP contribution in [0.5, 0.6) is 0 Å². The van der Waals surface area contributed by atoms with Crippen LogP contribution in [0.3, 0.4) is 0 Å². The molecule has 1 aromatic heterocycles. The van der Waals surface area contributed by atoms with E-state index in [0.717, 1.165) is 18.4 Å². The number of carbonyl (C=O) groups excluding carboxylic acids is 1. The van der Waals surface area contributed by atoms with Crippen molar-refractivity contribution in [2.75, 3.05) is 18.8 Å². The number of anilines is 1. The molecule has 1 aliphatic carbocycles. The van der Waals surface area contributed by atoms with Gasteiger partial charge in [-0.25, -0.2) is 9.97 Å². The normalized spacial score (nSPS) is 22.4. The van der Waals surface area contributed by atoms with E-state index < -0.39 is 11.9 Å². The Hall–Kier alpha value is -2.96. The van der Waals surface area contributed by atoms with Gasteiger partial charge in [0.15, 0.2) is 0 Å². The molecule has 2 fully saturated rings. The first-order valence-electron chi connectivity index (χ1n) is 8.74. The number of aliphatic carboxylic acids is 1. The third kappa shape index (κ3) is 3.00. The molecule has 1 saturated carbocycles. The van der Waals surface area contributed by atoms with Gasteiger partial charge in [-0.3, -0.25) is 9.59 Å². The van der Waals surface area contributed by atoms with E-state index in [1.807, 2.05) is 30.3 Å². The molecule has 2 aliphatic rings. The van der Waals surface area contributed by atoms with Gasteiger partial charge in [0.05, 0.1) is 17.2 Å². The number of benzene rings is 1. The summed E-state index contributed by atoms with van der Waals surface area (Å²) in [7, 11) is 0. The van der Waals surface area contributed by atoms with E-state index in [2.05, 4.69) is 9.97 Å². The second-order valence-electron chi connectivity index (χ2n) is 7.01. The van der Waals surface area contributed by atoms with Crippen LogP contribution in [0.1, 0.15) is 23.2 Å². The van der Waals surface area contributed by atoms with E-state index in [1.54, 1.807) is 4.90 Å². The fourth-order valence-corrected chi connectivity index (χ4v) is 3.80. The minimum atomic E-state index is -0.825. The predicted molar refractivity (Wildman–Crippen MR) is 95.1 cm³/mol. The van der Waals surface area contributed by atoms with Crippen molar-refractivity contribution in [2.24, 2.45) is 17.8 Å². The predicted octanol–water partition coefficient (Wildman–Crippen LogP) is 1.91. The number of carboxylic acid groups (broad SMARTS) is 1. The number of hydrogen-bond acceptors (Lipinski definition) is 5. The summed E-state index contributed by atoms with van der Waals surface area (Å²) in [6.07, 6.45) is 3.54. The number of carbonyl (C=O) groups is 2.